The van der Waals surface area contributed by atoms with Gasteiger partial charge in [-0.3, -0.25) is 4.98 Å². The Morgan fingerprint density at radius 2 is 0.851 bits per heavy atom. The van der Waals surface area contributed by atoms with E-state index in [9.17, 15) is 0 Å². The van der Waals surface area contributed by atoms with Crippen molar-refractivity contribution >= 4 is 71.6 Å². The second-order valence-electron chi connectivity index (χ2n) is 17.2. The van der Waals surface area contributed by atoms with Gasteiger partial charge in [0.15, 0.2) is 0 Å². The summed E-state index contributed by atoms with van der Waals surface area (Å²) in [4.78, 5) is 6.54. The van der Waals surface area contributed by atoms with Gasteiger partial charge in [-0.25, -0.2) is 0 Å². The molecule has 0 amide bonds. The predicted octanol–water partition coefficient (Wildman–Crippen LogP) is 17.4. The molecule has 0 N–H and O–H groups in total. The Labute approximate surface area is 387 Å². The molecule has 0 unspecified atom stereocenters. The molecule has 3 aromatic heterocycles. The Kier molecular flexibility index (Phi) is 9.14. The topological polar surface area (TPSA) is 34.2 Å². The third-order valence-corrected chi connectivity index (χ3v) is 13.2. The summed E-state index contributed by atoms with van der Waals surface area (Å²) in [5, 5.41) is 7.04. The standard InChI is InChI=1S/C63H41N3O/c1-3-11-52(12-4-1)65(53-13-5-2-6-14-53)55-28-23-44-35-45(19-20-46(44)39-55)49-36-50(47-25-30-63-59(40-47)58-16-8-10-18-62(58)67-63)38-51(37-49)48-24-29-57-56-15-7-9-17-60(56)66(61(57)41-48)54-26-21-42(22-27-54)43-31-33-64-34-32-43/h1-41H. The van der Waals surface area contributed by atoms with Crippen molar-refractivity contribution in [1.82, 2.24) is 9.55 Å². The first kappa shape index (κ1) is 38.5. The molecule has 3 heterocycles. The van der Waals surface area contributed by atoms with Crippen molar-refractivity contribution in [2.75, 3.05) is 4.90 Å². The van der Waals surface area contributed by atoms with Crippen LogP contribution in [0.4, 0.5) is 17.1 Å². The van der Waals surface area contributed by atoms with E-state index in [1.807, 2.05) is 24.5 Å². The number of hydrogen-bond donors (Lipinski definition) is 0. The molecule has 0 saturated carbocycles. The number of furan rings is 1. The van der Waals surface area contributed by atoms with Crippen molar-refractivity contribution in [3.8, 4) is 50.2 Å². The maximum Gasteiger partial charge on any atom is 0.135 e. The van der Waals surface area contributed by atoms with E-state index in [0.717, 1.165) is 94.7 Å². The highest BCUT2D eigenvalue weighted by molar-refractivity contribution is 6.11. The monoisotopic (exact) mass is 855 g/mol. The largest absolute Gasteiger partial charge is 0.456 e. The lowest BCUT2D eigenvalue weighted by atomic mass is 9.91. The molecule has 0 spiro atoms. The van der Waals surface area contributed by atoms with Gasteiger partial charge in [0.25, 0.3) is 0 Å². The highest BCUT2D eigenvalue weighted by Crippen LogP contribution is 2.41. The number of anilines is 3. The SMILES string of the molecule is c1ccc(N(c2ccccc2)c2ccc3cc(-c4cc(-c5ccc6oc7ccccc7c6c5)cc(-c5ccc6c7ccccc7n(-c7ccc(-c8ccncc8)cc7)c6c5)c4)ccc3c2)cc1. The van der Waals surface area contributed by atoms with Crippen molar-refractivity contribution in [2.45, 2.75) is 0 Å². The summed E-state index contributed by atoms with van der Waals surface area (Å²) in [6, 6.07) is 85.4. The van der Waals surface area contributed by atoms with Crippen LogP contribution in [0.25, 0.3) is 105 Å². The van der Waals surface area contributed by atoms with Gasteiger partial charge >= 0.3 is 0 Å². The number of fused-ring (bicyclic) bond motifs is 7. The third-order valence-electron chi connectivity index (χ3n) is 13.2. The molecule has 0 saturated heterocycles. The van der Waals surface area contributed by atoms with Gasteiger partial charge in [0.1, 0.15) is 11.2 Å². The van der Waals surface area contributed by atoms with E-state index in [4.69, 9.17) is 4.42 Å². The number of rotatable bonds is 8. The van der Waals surface area contributed by atoms with Crippen LogP contribution >= 0.6 is 0 Å². The molecule has 4 heteroatoms. The number of aromatic nitrogens is 2. The van der Waals surface area contributed by atoms with Crippen LogP contribution in [0.1, 0.15) is 0 Å². The Morgan fingerprint density at radius 1 is 0.313 bits per heavy atom. The number of para-hydroxylation sites is 4. The van der Waals surface area contributed by atoms with Crippen molar-refractivity contribution in [3.63, 3.8) is 0 Å². The number of pyridine rings is 1. The Bertz CT molecular complexity index is 3930. The zero-order chi connectivity index (χ0) is 44.3. The highest BCUT2D eigenvalue weighted by Gasteiger charge is 2.17. The maximum atomic E-state index is 6.28. The van der Waals surface area contributed by atoms with Gasteiger partial charge in [-0.15, -0.1) is 0 Å². The lowest BCUT2D eigenvalue weighted by Gasteiger charge is -2.25. The molecule has 314 valence electrons. The summed E-state index contributed by atoms with van der Waals surface area (Å²) >= 11 is 0. The average molecular weight is 856 g/mol. The summed E-state index contributed by atoms with van der Waals surface area (Å²) in [5.41, 5.74) is 17.8. The summed E-state index contributed by atoms with van der Waals surface area (Å²) in [5.74, 6) is 0. The first-order chi connectivity index (χ1) is 33.2. The van der Waals surface area contributed by atoms with Crippen LogP contribution in [0.15, 0.2) is 253 Å². The molecular formula is C63H41N3O. The minimum Gasteiger partial charge on any atom is -0.456 e. The Hall–Kier alpha value is -8.99. The zero-order valence-electron chi connectivity index (χ0n) is 36.4. The zero-order valence-corrected chi connectivity index (χ0v) is 36.4. The summed E-state index contributed by atoms with van der Waals surface area (Å²) in [6.45, 7) is 0. The van der Waals surface area contributed by atoms with Gasteiger partial charge in [0.2, 0.25) is 0 Å². The van der Waals surface area contributed by atoms with Crippen molar-refractivity contribution in [3.05, 3.63) is 249 Å². The van der Waals surface area contributed by atoms with Crippen LogP contribution in [-0.4, -0.2) is 9.55 Å². The molecule has 0 bridgehead atoms. The predicted molar refractivity (Wildman–Crippen MR) is 280 cm³/mol. The van der Waals surface area contributed by atoms with Crippen molar-refractivity contribution in [1.29, 1.82) is 0 Å². The minimum absolute atomic E-state index is 0.889. The van der Waals surface area contributed by atoms with Gasteiger partial charge in [-0.1, -0.05) is 121 Å². The number of hydrogen-bond acceptors (Lipinski definition) is 3. The van der Waals surface area contributed by atoms with E-state index in [1.165, 1.54) is 27.1 Å². The van der Waals surface area contributed by atoms with Gasteiger partial charge in [0.05, 0.1) is 11.0 Å². The molecule has 0 fully saturated rings. The lowest BCUT2D eigenvalue weighted by Crippen LogP contribution is -2.09. The fraction of sp³-hybridized carbons (Fsp3) is 0. The van der Waals surface area contributed by atoms with Crippen LogP contribution in [-0.2, 0) is 0 Å². The molecule has 0 aliphatic rings. The quantitative estimate of drug-likeness (QED) is 0.153. The average Bonchev–Trinajstić information content (AvgIpc) is 3.94. The molecule has 13 rings (SSSR count). The first-order valence-corrected chi connectivity index (χ1v) is 22.7. The third kappa shape index (κ3) is 6.82. The van der Waals surface area contributed by atoms with Crippen LogP contribution in [0.5, 0.6) is 0 Å². The van der Waals surface area contributed by atoms with Crippen LogP contribution < -0.4 is 4.90 Å². The fourth-order valence-electron chi connectivity index (χ4n) is 9.96. The second-order valence-corrected chi connectivity index (χ2v) is 17.2. The smallest absolute Gasteiger partial charge is 0.135 e. The molecule has 10 aromatic carbocycles. The molecule has 0 aliphatic carbocycles. The van der Waals surface area contributed by atoms with Crippen LogP contribution in [0.2, 0.25) is 0 Å². The molecule has 0 atom stereocenters. The fourth-order valence-corrected chi connectivity index (χ4v) is 9.96. The van der Waals surface area contributed by atoms with Gasteiger partial charge in [0, 0.05) is 56.7 Å². The summed E-state index contributed by atoms with van der Waals surface area (Å²) in [7, 11) is 0. The molecule has 4 nitrogen and oxygen atoms in total. The highest BCUT2D eigenvalue weighted by atomic mass is 16.3. The van der Waals surface area contributed by atoms with Gasteiger partial charge < -0.3 is 13.9 Å². The summed E-state index contributed by atoms with van der Waals surface area (Å²) in [6.07, 6.45) is 3.69. The molecule has 67 heavy (non-hydrogen) atoms. The Balaban J connectivity index is 0.961. The number of benzene rings is 10. The van der Waals surface area contributed by atoms with Gasteiger partial charge in [-0.05, 0) is 171 Å². The molecule has 13 aromatic rings. The molecular weight excluding hydrogens is 815 g/mol. The van der Waals surface area contributed by atoms with Gasteiger partial charge in [-0.2, -0.15) is 0 Å². The lowest BCUT2D eigenvalue weighted by molar-refractivity contribution is 0.669. The van der Waals surface area contributed by atoms with E-state index >= 15 is 0 Å². The van der Waals surface area contributed by atoms with Crippen LogP contribution in [0.3, 0.4) is 0 Å². The van der Waals surface area contributed by atoms with Crippen molar-refractivity contribution in [2.24, 2.45) is 0 Å². The van der Waals surface area contributed by atoms with E-state index in [0.29, 0.717) is 0 Å². The van der Waals surface area contributed by atoms with E-state index in [1.54, 1.807) is 0 Å². The van der Waals surface area contributed by atoms with E-state index in [-0.39, 0.29) is 0 Å². The maximum absolute atomic E-state index is 6.28. The van der Waals surface area contributed by atoms with E-state index in [2.05, 4.69) is 239 Å². The minimum atomic E-state index is 0.889. The molecule has 0 radical (unpaired) electrons. The normalized spacial score (nSPS) is 11.6. The van der Waals surface area contributed by atoms with E-state index < -0.39 is 0 Å². The number of nitrogens with zero attached hydrogens (tertiary/aromatic N) is 3. The summed E-state index contributed by atoms with van der Waals surface area (Å²) < 4.78 is 8.68. The molecule has 0 aliphatic heterocycles. The second kappa shape index (κ2) is 15.9. The Morgan fingerprint density at radius 3 is 1.60 bits per heavy atom. The first-order valence-electron chi connectivity index (χ1n) is 22.7. The van der Waals surface area contributed by atoms with Crippen molar-refractivity contribution < 1.29 is 4.42 Å². The van der Waals surface area contributed by atoms with Crippen LogP contribution in [0, 0.1) is 0 Å².